The van der Waals surface area contributed by atoms with E-state index in [0.29, 0.717) is 24.6 Å². The molecule has 0 saturated carbocycles. The highest BCUT2D eigenvalue weighted by molar-refractivity contribution is 7.15. The Kier molecular flexibility index (Phi) is 4.24. The summed E-state index contributed by atoms with van der Waals surface area (Å²) in [5.74, 6) is -0.884. The zero-order valence-electron chi connectivity index (χ0n) is 12.3. The number of anilines is 1. The molecule has 6 nitrogen and oxygen atoms in total. The molecule has 3 rings (SSSR count). The second-order valence-corrected chi connectivity index (χ2v) is 6.08. The highest BCUT2D eigenvalue weighted by Gasteiger charge is 2.25. The molecule has 2 heterocycles. The number of ether oxygens (including phenoxy) is 1. The molecule has 0 bridgehead atoms. The van der Waals surface area contributed by atoms with Crippen molar-refractivity contribution in [3.05, 3.63) is 46.2 Å². The minimum atomic E-state index is -0.468. The Morgan fingerprint density at radius 2 is 2.26 bits per heavy atom. The lowest BCUT2D eigenvalue weighted by Gasteiger charge is -2.24. The molecule has 1 N–H and O–H groups in total. The molecule has 0 atom stereocenters. The van der Waals surface area contributed by atoms with Crippen LogP contribution in [0.3, 0.4) is 0 Å². The zero-order chi connectivity index (χ0) is 16.4. The van der Waals surface area contributed by atoms with Gasteiger partial charge in [-0.2, -0.15) is 0 Å². The van der Waals surface area contributed by atoms with E-state index in [0.717, 1.165) is 10.6 Å². The van der Waals surface area contributed by atoms with Crippen LogP contribution in [0.4, 0.5) is 14.3 Å². The molecule has 23 heavy (non-hydrogen) atoms. The number of thiazole rings is 1. The lowest BCUT2D eigenvalue weighted by molar-refractivity contribution is 0.102. The number of amides is 2. The van der Waals surface area contributed by atoms with E-state index in [9.17, 15) is 14.0 Å². The Balaban J connectivity index is 1.73. The highest BCUT2D eigenvalue weighted by Crippen LogP contribution is 2.28. The Morgan fingerprint density at radius 3 is 3.00 bits per heavy atom. The van der Waals surface area contributed by atoms with Crippen LogP contribution < -0.4 is 5.32 Å². The number of rotatable bonds is 2. The van der Waals surface area contributed by atoms with Crippen molar-refractivity contribution in [2.24, 2.45) is 0 Å². The van der Waals surface area contributed by atoms with Gasteiger partial charge in [-0.3, -0.25) is 10.1 Å². The van der Waals surface area contributed by atoms with Crippen LogP contribution in [0, 0.1) is 5.82 Å². The van der Waals surface area contributed by atoms with Crippen molar-refractivity contribution in [1.82, 2.24) is 9.88 Å². The smallest absolute Gasteiger partial charge is 0.409 e. The van der Waals surface area contributed by atoms with Gasteiger partial charge < -0.3 is 9.64 Å². The van der Waals surface area contributed by atoms with Gasteiger partial charge in [0.2, 0.25) is 0 Å². The molecule has 1 aliphatic heterocycles. The van der Waals surface area contributed by atoms with Crippen molar-refractivity contribution in [3.8, 4) is 0 Å². The molecule has 0 fully saturated rings. The summed E-state index contributed by atoms with van der Waals surface area (Å²) in [6.07, 6.45) is 0.228. The molecule has 1 aromatic carbocycles. The summed E-state index contributed by atoms with van der Waals surface area (Å²) in [5, 5.41) is 3.11. The lowest BCUT2D eigenvalue weighted by atomic mass is 10.2. The molecule has 0 aliphatic carbocycles. The first-order chi connectivity index (χ1) is 11.1. The van der Waals surface area contributed by atoms with Crippen molar-refractivity contribution in [3.63, 3.8) is 0 Å². The molecular weight excluding hydrogens is 321 g/mol. The number of hydrogen-bond acceptors (Lipinski definition) is 5. The van der Waals surface area contributed by atoms with Gasteiger partial charge in [0.05, 0.1) is 19.3 Å². The summed E-state index contributed by atoms with van der Waals surface area (Å²) in [6, 6.07) is 5.46. The molecule has 0 spiro atoms. The number of methoxy groups -OCH3 is 1. The monoisotopic (exact) mass is 335 g/mol. The molecule has 2 aromatic rings. The van der Waals surface area contributed by atoms with Gasteiger partial charge in [-0.25, -0.2) is 14.2 Å². The summed E-state index contributed by atoms with van der Waals surface area (Å²) in [5.41, 5.74) is 1.10. The van der Waals surface area contributed by atoms with E-state index in [1.165, 1.54) is 42.7 Å². The Labute approximate surface area is 135 Å². The molecule has 8 heteroatoms. The Bertz CT molecular complexity index is 762. The standard InChI is InChI=1S/C15H14FN3O3S/c1-22-15(21)19-6-5-11-12(8-19)23-14(17-11)18-13(20)9-3-2-4-10(16)7-9/h2-4,7H,5-6,8H2,1H3,(H,17,18,20). The molecule has 0 saturated heterocycles. The van der Waals surface area contributed by atoms with Gasteiger partial charge in [0.25, 0.3) is 5.91 Å². The lowest BCUT2D eigenvalue weighted by Crippen LogP contribution is -2.35. The number of halogens is 1. The van der Waals surface area contributed by atoms with E-state index < -0.39 is 11.7 Å². The minimum absolute atomic E-state index is 0.231. The number of hydrogen-bond donors (Lipinski definition) is 1. The first-order valence-electron chi connectivity index (χ1n) is 6.95. The van der Waals surface area contributed by atoms with E-state index in [4.69, 9.17) is 4.74 Å². The summed E-state index contributed by atoms with van der Waals surface area (Å²) >= 11 is 1.31. The predicted octanol–water partition coefficient (Wildman–Crippen LogP) is 2.66. The van der Waals surface area contributed by atoms with Crippen molar-refractivity contribution in [1.29, 1.82) is 0 Å². The third-order valence-electron chi connectivity index (χ3n) is 3.47. The van der Waals surface area contributed by atoms with Gasteiger partial charge in [0.1, 0.15) is 5.82 Å². The molecule has 2 amide bonds. The van der Waals surface area contributed by atoms with Crippen LogP contribution in [0.2, 0.25) is 0 Å². The highest BCUT2D eigenvalue weighted by atomic mass is 32.1. The molecule has 1 aliphatic rings. The van der Waals surface area contributed by atoms with Gasteiger partial charge in [0, 0.05) is 23.4 Å². The first-order valence-corrected chi connectivity index (χ1v) is 7.77. The fourth-order valence-electron chi connectivity index (χ4n) is 2.33. The van der Waals surface area contributed by atoms with Crippen LogP contribution in [-0.2, 0) is 17.7 Å². The van der Waals surface area contributed by atoms with E-state index in [2.05, 4.69) is 10.3 Å². The number of carbonyl (C=O) groups excluding carboxylic acids is 2. The van der Waals surface area contributed by atoms with E-state index in [1.54, 1.807) is 4.90 Å². The number of benzene rings is 1. The molecule has 0 unspecified atom stereocenters. The number of nitrogens with one attached hydrogen (secondary N) is 1. The zero-order valence-corrected chi connectivity index (χ0v) is 13.2. The van der Waals surface area contributed by atoms with Gasteiger partial charge in [0.15, 0.2) is 5.13 Å². The van der Waals surface area contributed by atoms with Crippen LogP contribution >= 0.6 is 11.3 Å². The summed E-state index contributed by atoms with van der Waals surface area (Å²) in [4.78, 5) is 30.5. The molecular formula is C15H14FN3O3S. The molecule has 0 radical (unpaired) electrons. The average Bonchev–Trinajstić information content (AvgIpc) is 2.95. The van der Waals surface area contributed by atoms with Crippen LogP contribution in [0.25, 0.3) is 0 Å². The fraction of sp³-hybridized carbons (Fsp3) is 0.267. The first kappa shape index (κ1) is 15.4. The van der Waals surface area contributed by atoms with Crippen molar-refractivity contribution < 1.29 is 18.7 Å². The van der Waals surface area contributed by atoms with Gasteiger partial charge in [-0.15, -0.1) is 0 Å². The Hall–Kier alpha value is -2.48. The van der Waals surface area contributed by atoms with Crippen LogP contribution in [0.1, 0.15) is 20.9 Å². The predicted molar refractivity (Wildman–Crippen MR) is 83.0 cm³/mol. The second kappa shape index (κ2) is 6.33. The largest absolute Gasteiger partial charge is 0.453 e. The third kappa shape index (κ3) is 3.31. The van der Waals surface area contributed by atoms with E-state index in [1.807, 2.05) is 0 Å². The maximum atomic E-state index is 13.2. The summed E-state index contributed by atoms with van der Waals surface area (Å²) < 4.78 is 17.9. The number of fused-ring (bicyclic) bond motifs is 1. The maximum absolute atomic E-state index is 13.2. The van der Waals surface area contributed by atoms with Crippen molar-refractivity contribution >= 4 is 28.5 Å². The normalized spacial score (nSPS) is 13.4. The second-order valence-electron chi connectivity index (χ2n) is 4.99. The fourth-order valence-corrected chi connectivity index (χ4v) is 3.35. The topological polar surface area (TPSA) is 71.5 Å². The summed E-state index contributed by atoms with van der Waals surface area (Å²) in [6.45, 7) is 0.941. The number of aromatic nitrogens is 1. The molecule has 1 aromatic heterocycles. The quantitative estimate of drug-likeness (QED) is 0.916. The third-order valence-corrected chi connectivity index (χ3v) is 4.47. The van der Waals surface area contributed by atoms with E-state index >= 15 is 0 Å². The van der Waals surface area contributed by atoms with Crippen LogP contribution in [0.5, 0.6) is 0 Å². The van der Waals surface area contributed by atoms with Crippen molar-refractivity contribution in [2.45, 2.75) is 13.0 Å². The van der Waals surface area contributed by atoms with Crippen molar-refractivity contribution in [2.75, 3.05) is 19.0 Å². The van der Waals surface area contributed by atoms with Gasteiger partial charge in [-0.05, 0) is 18.2 Å². The van der Waals surface area contributed by atoms with E-state index in [-0.39, 0.29) is 11.7 Å². The number of nitrogens with zero attached hydrogens (tertiary/aromatic N) is 2. The maximum Gasteiger partial charge on any atom is 0.409 e. The average molecular weight is 335 g/mol. The Morgan fingerprint density at radius 1 is 1.43 bits per heavy atom. The summed E-state index contributed by atoms with van der Waals surface area (Å²) in [7, 11) is 1.34. The SMILES string of the molecule is COC(=O)N1CCc2nc(NC(=O)c3cccc(F)c3)sc2C1. The molecule has 120 valence electrons. The minimum Gasteiger partial charge on any atom is -0.453 e. The number of carbonyl (C=O) groups is 2. The van der Waals surface area contributed by atoms with Crippen LogP contribution in [-0.4, -0.2) is 35.5 Å². The van der Waals surface area contributed by atoms with Gasteiger partial charge >= 0.3 is 6.09 Å². The van der Waals surface area contributed by atoms with Crippen LogP contribution in [0.15, 0.2) is 24.3 Å². The van der Waals surface area contributed by atoms with Gasteiger partial charge in [-0.1, -0.05) is 17.4 Å².